The zero-order valence-electron chi connectivity index (χ0n) is 21.2. The fraction of sp³-hybridized carbons (Fsp3) is 0.600. The van der Waals surface area contributed by atoms with E-state index < -0.39 is 18.4 Å². The van der Waals surface area contributed by atoms with Crippen molar-refractivity contribution in [1.29, 1.82) is 0 Å². The summed E-state index contributed by atoms with van der Waals surface area (Å²) < 4.78 is 28.1. The van der Waals surface area contributed by atoms with Crippen LogP contribution in [0, 0.1) is 0 Å². The van der Waals surface area contributed by atoms with Gasteiger partial charge in [-0.3, -0.25) is 9.59 Å². The number of rotatable bonds is 8. The van der Waals surface area contributed by atoms with Crippen LogP contribution in [0.4, 0.5) is 14.6 Å². The number of aromatic nitrogens is 2. The number of aliphatic hydroxyl groups excluding tert-OH is 1. The van der Waals surface area contributed by atoms with Crippen LogP contribution in [0.3, 0.4) is 0 Å². The summed E-state index contributed by atoms with van der Waals surface area (Å²) >= 11 is 0.896. The minimum absolute atomic E-state index is 0.00207. The highest BCUT2D eigenvalue weighted by atomic mass is 32.1. The van der Waals surface area contributed by atoms with Crippen molar-refractivity contribution in [2.24, 2.45) is 0 Å². The Kier molecular flexibility index (Phi) is 9.72. The molecule has 1 saturated carbocycles. The van der Waals surface area contributed by atoms with Gasteiger partial charge < -0.3 is 20.6 Å². The number of halogens is 2. The third-order valence-corrected chi connectivity index (χ3v) is 7.45. The summed E-state index contributed by atoms with van der Waals surface area (Å²) in [5.41, 5.74) is -0.203. The van der Waals surface area contributed by atoms with E-state index in [1.165, 1.54) is 12.3 Å². The van der Waals surface area contributed by atoms with Crippen molar-refractivity contribution in [3.8, 4) is 10.4 Å². The van der Waals surface area contributed by atoms with Crippen molar-refractivity contribution >= 4 is 29.0 Å². The molecule has 4 rings (SSSR count). The molecule has 1 aliphatic carbocycles. The Bertz CT molecular complexity index is 1060. The standard InChI is InChI=1S/C23H29F2N5O3S.C2H6/c1-3-8-26-17-10-13(20(24)25)14(11-27-17)19-18(23(33)30-9-4-5-12(30)2)29-22(34-19)21(32)28-15-6-7-16(15)31;1-2/h10-12,15-16,20,31H,3-9H2,1-2H3,(H,26,27)(H,28,32);1-2H3. The second kappa shape index (κ2) is 12.5. The van der Waals surface area contributed by atoms with Crippen LogP contribution in [-0.4, -0.2) is 63.1 Å². The molecular weight excluding hydrogens is 488 g/mol. The molecule has 0 radical (unpaired) electrons. The average Bonchev–Trinajstić information content (AvgIpc) is 3.52. The Hall–Kier alpha value is -2.66. The van der Waals surface area contributed by atoms with Gasteiger partial charge in [-0.15, -0.1) is 11.3 Å². The fourth-order valence-corrected chi connectivity index (χ4v) is 5.18. The molecule has 3 unspecified atom stereocenters. The third-order valence-electron chi connectivity index (χ3n) is 6.36. The maximum Gasteiger partial charge on any atom is 0.280 e. The molecule has 2 amide bonds. The van der Waals surface area contributed by atoms with Crippen molar-refractivity contribution in [3.05, 3.63) is 28.5 Å². The van der Waals surface area contributed by atoms with E-state index in [1.54, 1.807) is 4.90 Å². The van der Waals surface area contributed by atoms with Gasteiger partial charge in [-0.25, -0.2) is 18.7 Å². The molecule has 0 spiro atoms. The van der Waals surface area contributed by atoms with Gasteiger partial charge in [0.15, 0.2) is 5.01 Å². The number of likely N-dealkylation sites (tertiary alicyclic amines) is 1. The van der Waals surface area contributed by atoms with Crippen molar-refractivity contribution < 1.29 is 23.5 Å². The second-order valence-electron chi connectivity index (χ2n) is 8.80. The van der Waals surface area contributed by atoms with Gasteiger partial charge in [0.1, 0.15) is 11.5 Å². The lowest BCUT2D eigenvalue weighted by Gasteiger charge is -2.32. The first-order valence-electron chi connectivity index (χ1n) is 12.6. The largest absolute Gasteiger partial charge is 0.391 e. The maximum atomic E-state index is 14.1. The number of nitrogens with one attached hydrogen (secondary N) is 2. The highest BCUT2D eigenvalue weighted by Crippen LogP contribution is 2.39. The molecule has 3 heterocycles. The van der Waals surface area contributed by atoms with Crippen LogP contribution in [0.2, 0.25) is 0 Å². The molecule has 2 aromatic rings. The Labute approximate surface area is 214 Å². The number of amides is 2. The predicted molar refractivity (Wildman–Crippen MR) is 137 cm³/mol. The lowest BCUT2D eigenvalue weighted by Crippen LogP contribution is -2.50. The van der Waals surface area contributed by atoms with Crippen LogP contribution in [-0.2, 0) is 0 Å². The maximum absolute atomic E-state index is 14.1. The molecule has 198 valence electrons. The van der Waals surface area contributed by atoms with Crippen LogP contribution >= 0.6 is 11.3 Å². The summed E-state index contributed by atoms with van der Waals surface area (Å²) in [5, 5.41) is 15.5. The molecule has 3 atom stereocenters. The number of alkyl halides is 2. The first kappa shape index (κ1) is 27.9. The van der Waals surface area contributed by atoms with Crippen LogP contribution in [0.1, 0.15) is 92.1 Å². The van der Waals surface area contributed by atoms with Crippen molar-refractivity contribution in [1.82, 2.24) is 20.2 Å². The minimum atomic E-state index is -2.81. The highest BCUT2D eigenvalue weighted by molar-refractivity contribution is 7.17. The molecule has 2 aromatic heterocycles. The van der Waals surface area contributed by atoms with Gasteiger partial charge in [0.2, 0.25) is 0 Å². The van der Waals surface area contributed by atoms with Gasteiger partial charge in [0.05, 0.1) is 17.0 Å². The first-order valence-corrected chi connectivity index (χ1v) is 13.4. The van der Waals surface area contributed by atoms with E-state index >= 15 is 0 Å². The SMILES string of the molecule is CC.CCCNc1cc(C(F)F)c(-c2sc(C(=O)NC3CCC3O)nc2C(=O)N2CCCC2C)cn1. The van der Waals surface area contributed by atoms with Crippen LogP contribution < -0.4 is 10.6 Å². The quantitative estimate of drug-likeness (QED) is 0.456. The Balaban J connectivity index is 0.00000176. The third kappa shape index (κ3) is 6.00. The predicted octanol–water partition coefficient (Wildman–Crippen LogP) is 4.87. The molecule has 0 aromatic carbocycles. The molecule has 3 N–H and O–H groups in total. The summed E-state index contributed by atoms with van der Waals surface area (Å²) in [6.45, 7) is 9.03. The van der Waals surface area contributed by atoms with E-state index in [2.05, 4.69) is 20.6 Å². The van der Waals surface area contributed by atoms with Gasteiger partial charge in [-0.2, -0.15) is 0 Å². The first-order chi connectivity index (χ1) is 17.3. The Morgan fingerprint density at radius 1 is 1.28 bits per heavy atom. The molecule has 11 heteroatoms. The average molecular weight is 524 g/mol. The molecule has 1 saturated heterocycles. The number of hydrogen-bond acceptors (Lipinski definition) is 7. The van der Waals surface area contributed by atoms with E-state index in [0.717, 1.165) is 30.6 Å². The van der Waals surface area contributed by atoms with Gasteiger partial charge in [-0.1, -0.05) is 20.8 Å². The molecule has 1 aliphatic heterocycles. The Morgan fingerprint density at radius 2 is 2.03 bits per heavy atom. The van der Waals surface area contributed by atoms with Gasteiger partial charge in [0.25, 0.3) is 18.2 Å². The number of nitrogens with zero attached hydrogens (tertiary/aromatic N) is 3. The number of aliphatic hydroxyl groups is 1. The number of hydrogen-bond donors (Lipinski definition) is 3. The molecular formula is C25H35F2N5O3S. The van der Waals surface area contributed by atoms with Crippen LogP contribution in [0.15, 0.2) is 12.3 Å². The summed E-state index contributed by atoms with van der Waals surface area (Å²) in [6, 6.07) is 0.907. The van der Waals surface area contributed by atoms with E-state index in [1.807, 2.05) is 27.7 Å². The van der Waals surface area contributed by atoms with Crippen molar-refractivity contribution in [2.45, 2.75) is 84.4 Å². The molecule has 2 aliphatic rings. The summed E-state index contributed by atoms with van der Waals surface area (Å²) in [4.78, 5) is 36.7. The lowest BCUT2D eigenvalue weighted by atomic mass is 9.89. The molecule has 8 nitrogen and oxygen atoms in total. The van der Waals surface area contributed by atoms with Crippen LogP contribution in [0.25, 0.3) is 10.4 Å². The van der Waals surface area contributed by atoms with E-state index in [9.17, 15) is 23.5 Å². The number of anilines is 1. The number of pyridine rings is 1. The van der Waals surface area contributed by atoms with Crippen LogP contribution in [0.5, 0.6) is 0 Å². The van der Waals surface area contributed by atoms with E-state index in [4.69, 9.17) is 0 Å². The zero-order valence-corrected chi connectivity index (χ0v) is 22.0. The molecule has 36 heavy (non-hydrogen) atoms. The number of thiazole rings is 1. The van der Waals surface area contributed by atoms with Gasteiger partial charge in [-0.05, 0) is 45.1 Å². The number of carbonyl (C=O) groups is 2. The smallest absolute Gasteiger partial charge is 0.280 e. The summed E-state index contributed by atoms with van der Waals surface area (Å²) in [5.74, 6) is -0.591. The normalized spacial score (nSPS) is 21.0. The minimum Gasteiger partial charge on any atom is -0.391 e. The van der Waals surface area contributed by atoms with Crippen molar-refractivity contribution in [3.63, 3.8) is 0 Å². The summed E-state index contributed by atoms with van der Waals surface area (Å²) in [6.07, 6.45) is 1.64. The fourth-order valence-electron chi connectivity index (χ4n) is 4.19. The monoisotopic (exact) mass is 523 g/mol. The van der Waals surface area contributed by atoms with Gasteiger partial charge in [0, 0.05) is 36.5 Å². The molecule has 0 bridgehead atoms. The topological polar surface area (TPSA) is 107 Å². The molecule has 2 fully saturated rings. The van der Waals surface area contributed by atoms with E-state index in [-0.39, 0.29) is 44.7 Å². The number of carbonyl (C=O) groups excluding carboxylic acids is 2. The zero-order chi connectivity index (χ0) is 26.4. The lowest BCUT2D eigenvalue weighted by molar-refractivity contribution is 0.0447. The Morgan fingerprint density at radius 3 is 2.58 bits per heavy atom. The van der Waals surface area contributed by atoms with Crippen molar-refractivity contribution in [2.75, 3.05) is 18.4 Å². The summed E-state index contributed by atoms with van der Waals surface area (Å²) in [7, 11) is 0. The van der Waals surface area contributed by atoms with Gasteiger partial charge >= 0.3 is 0 Å². The van der Waals surface area contributed by atoms with E-state index in [0.29, 0.717) is 31.7 Å². The second-order valence-corrected chi connectivity index (χ2v) is 9.79. The highest BCUT2D eigenvalue weighted by Gasteiger charge is 2.35.